The number of pyridine rings is 1. The quantitative estimate of drug-likeness (QED) is 0.869. The number of halogens is 2. The lowest BCUT2D eigenvalue weighted by molar-refractivity contribution is 0.600. The third-order valence-corrected chi connectivity index (χ3v) is 2.81. The molecule has 0 unspecified atom stereocenters. The fourth-order valence-electron chi connectivity index (χ4n) is 0.809. The molecule has 0 aliphatic carbocycles. The van der Waals surface area contributed by atoms with E-state index in [1.54, 1.807) is 6.07 Å². The largest absolute Gasteiger partial charge is 0.397 e. The lowest BCUT2D eigenvalue weighted by Gasteiger charge is -2.15. The molecule has 2 N–H and O–H groups in total. The van der Waals surface area contributed by atoms with Crippen molar-refractivity contribution in [2.75, 3.05) is 23.3 Å². The molecule has 5 nitrogen and oxygen atoms in total. The Hall–Kier alpha value is -0.720. The van der Waals surface area contributed by atoms with Gasteiger partial charge in [0.05, 0.1) is 23.8 Å². The van der Waals surface area contributed by atoms with E-state index in [0.29, 0.717) is 11.4 Å². The molecule has 0 saturated carbocycles. The summed E-state index contributed by atoms with van der Waals surface area (Å²) >= 11 is 0. The van der Waals surface area contributed by atoms with Crippen molar-refractivity contribution >= 4 is 46.2 Å². The molecule has 8 heteroatoms. The maximum absolute atomic E-state index is 11.1. The second-order valence-corrected chi connectivity index (χ2v) is 4.72. The van der Waals surface area contributed by atoms with Crippen molar-refractivity contribution in [3.8, 4) is 0 Å². The predicted octanol–water partition coefficient (Wildman–Crippen LogP) is 0.903. The van der Waals surface area contributed by atoms with E-state index in [-0.39, 0.29) is 24.8 Å². The van der Waals surface area contributed by atoms with Crippen molar-refractivity contribution in [3.05, 3.63) is 18.5 Å². The van der Waals surface area contributed by atoms with Gasteiger partial charge in [0.25, 0.3) is 0 Å². The molecule has 88 valence electrons. The Kier molecular flexibility index (Phi) is 6.67. The number of sulfonamides is 1. The molecule has 0 aromatic carbocycles. The number of rotatable bonds is 2. The first-order chi connectivity index (χ1) is 5.91. The summed E-state index contributed by atoms with van der Waals surface area (Å²) in [4.78, 5) is 3.79. The van der Waals surface area contributed by atoms with E-state index in [4.69, 9.17) is 5.73 Å². The number of hydrogen-bond donors (Lipinski definition) is 1. The van der Waals surface area contributed by atoms with Crippen LogP contribution in [0.3, 0.4) is 0 Å². The fourth-order valence-corrected chi connectivity index (χ4v) is 1.29. The summed E-state index contributed by atoms with van der Waals surface area (Å²) in [6, 6.07) is 1.55. The van der Waals surface area contributed by atoms with Crippen LogP contribution in [0, 0.1) is 0 Å². The van der Waals surface area contributed by atoms with Crippen LogP contribution < -0.4 is 10.0 Å². The number of hydrogen-bond acceptors (Lipinski definition) is 4. The monoisotopic (exact) mass is 273 g/mol. The summed E-state index contributed by atoms with van der Waals surface area (Å²) < 4.78 is 23.3. The topological polar surface area (TPSA) is 76.3 Å². The van der Waals surface area contributed by atoms with E-state index >= 15 is 0 Å². The molecule has 0 atom stereocenters. The van der Waals surface area contributed by atoms with Crippen molar-refractivity contribution in [1.29, 1.82) is 0 Å². The van der Waals surface area contributed by atoms with Crippen LogP contribution in [0.1, 0.15) is 0 Å². The van der Waals surface area contributed by atoms with Crippen LogP contribution >= 0.6 is 24.8 Å². The lowest BCUT2D eigenvalue weighted by atomic mass is 10.4. The van der Waals surface area contributed by atoms with Crippen LogP contribution in [-0.2, 0) is 10.0 Å². The van der Waals surface area contributed by atoms with Crippen molar-refractivity contribution in [1.82, 2.24) is 4.98 Å². The number of nitrogen functional groups attached to an aromatic ring is 1. The maximum atomic E-state index is 11.1. The highest BCUT2D eigenvalue weighted by atomic mass is 35.5. The second-order valence-electron chi connectivity index (χ2n) is 2.71. The van der Waals surface area contributed by atoms with Crippen molar-refractivity contribution in [3.63, 3.8) is 0 Å². The van der Waals surface area contributed by atoms with Gasteiger partial charge in [0.2, 0.25) is 10.0 Å². The Morgan fingerprint density at radius 3 is 2.27 bits per heavy atom. The van der Waals surface area contributed by atoms with Gasteiger partial charge < -0.3 is 5.73 Å². The summed E-state index contributed by atoms with van der Waals surface area (Å²) in [5.41, 5.74) is 6.35. The Morgan fingerprint density at radius 1 is 1.33 bits per heavy atom. The molecule has 1 heterocycles. The minimum atomic E-state index is -3.23. The molecular weight excluding hydrogens is 261 g/mol. The molecule has 1 rings (SSSR count). The summed E-state index contributed by atoms with van der Waals surface area (Å²) in [6.07, 6.45) is 4.02. The highest BCUT2D eigenvalue weighted by molar-refractivity contribution is 7.92. The zero-order valence-corrected chi connectivity index (χ0v) is 10.7. The maximum Gasteiger partial charge on any atom is 0.232 e. The first-order valence-electron chi connectivity index (χ1n) is 3.55. The van der Waals surface area contributed by atoms with Gasteiger partial charge in [-0.2, -0.15) is 0 Å². The zero-order chi connectivity index (χ0) is 10.1. The number of nitrogens with two attached hydrogens (primary N) is 1. The first kappa shape index (κ1) is 16.7. The predicted molar refractivity (Wildman–Crippen MR) is 66.4 cm³/mol. The van der Waals surface area contributed by atoms with Crippen LogP contribution in [0.4, 0.5) is 11.4 Å². The molecular formula is C7H13Cl2N3O2S. The molecule has 1 aromatic heterocycles. The average molecular weight is 274 g/mol. The highest BCUT2D eigenvalue weighted by Crippen LogP contribution is 2.16. The van der Waals surface area contributed by atoms with E-state index in [1.165, 1.54) is 19.4 Å². The Bertz CT molecular complexity index is 410. The van der Waals surface area contributed by atoms with Gasteiger partial charge in [-0.15, -0.1) is 24.8 Å². The summed E-state index contributed by atoms with van der Waals surface area (Å²) in [7, 11) is -1.78. The Labute approximate surface area is 102 Å². The molecule has 0 spiro atoms. The van der Waals surface area contributed by atoms with Crippen molar-refractivity contribution in [2.24, 2.45) is 0 Å². The summed E-state index contributed by atoms with van der Waals surface area (Å²) in [6.45, 7) is 0. The third kappa shape index (κ3) is 4.55. The highest BCUT2D eigenvalue weighted by Gasteiger charge is 2.11. The van der Waals surface area contributed by atoms with E-state index in [2.05, 4.69) is 4.98 Å². The van der Waals surface area contributed by atoms with Gasteiger partial charge in [0.15, 0.2) is 0 Å². The number of aromatic nitrogens is 1. The van der Waals surface area contributed by atoms with Crippen LogP contribution in [0.25, 0.3) is 0 Å². The first-order valence-corrected chi connectivity index (χ1v) is 5.40. The third-order valence-electron chi connectivity index (χ3n) is 1.61. The minimum Gasteiger partial charge on any atom is -0.397 e. The van der Waals surface area contributed by atoms with Gasteiger partial charge in [-0.3, -0.25) is 9.29 Å². The van der Waals surface area contributed by atoms with Gasteiger partial charge in [-0.05, 0) is 6.07 Å². The smallest absolute Gasteiger partial charge is 0.232 e. The van der Waals surface area contributed by atoms with Crippen LogP contribution in [0.2, 0.25) is 0 Å². The Morgan fingerprint density at radius 2 is 1.87 bits per heavy atom. The molecule has 0 bridgehead atoms. The van der Waals surface area contributed by atoms with E-state index in [9.17, 15) is 8.42 Å². The van der Waals surface area contributed by atoms with Gasteiger partial charge in [0.1, 0.15) is 0 Å². The molecule has 0 saturated heterocycles. The molecule has 0 radical (unpaired) electrons. The van der Waals surface area contributed by atoms with Gasteiger partial charge in [0, 0.05) is 13.2 Å². The normalized spacial score (nSPS) is 9.73. The molecule has 15 heavy (non-hydrogen) atoms. The van der Waals surface area contributed by atoms with Crippen molar-refractivity contribution in [2.45, 2.75) is 0 Å². The summed E-state index contributed by atoms with van der Waals surface area (Å²) in [5, 5.41) is 0. The number of nitrogens with zero attached hydrogens (tertiary/aromatic N) is 2. The van der Waals surface area contributed by atoms with E-state index < -0.39 is 10.0 Å². The van der Waals surface area contributed by atoms with Crippen LogP contribution in [0.5, 0.6) is 0 Å². The van der Waals surface area contributed by atoms with Crippen LogP contribution in [-0.4, -0.2) is 26.7 Å². The Balaban J connectivity index is 0. The lowest BCUT2D eigenvalue weighted by Crippen LogP contribution is -2.24. The molecule has 1 aromatic rings. The van der Waals surface area contributed by atoms with Crippen molar-refractivity contribution < 1.29 is 8.42 Å². The zero-order valence-electron chi connectivity index (χ0n) is 8.25. The second kappa shape index (κ2) is 5.99. The standard InChI is InChI=1S/C7H11N3O2S.2ClH/c1-10(13(2,11)12)7-3-6(8)4-9-5-7;;/h3-5H,8H2,1-2H3;2*1H. The van der Waals surface area contributed by atoms with Gasteiger partial charge in [-0.25, -0.2) is 8.42 Å². The SMILES string of the molecule is CN(c1cncc(N)c1)S(C)(=O)=O.Cl.Cl. The fraction of sp³-hybridized carbons (Fsp3) is 0.286. The van der Waals surface area contributed by atoms with Crippen LogP contribution in [0.15, 0.2) is 18.5 Å². The molecule has 0 aliphatic heterocycles. The molecule has 0 fully saturated rings. The van der Waals surface area contributed by atoms with E-state index in [0.717, 1.165) is 10.6 Å². The van der Waals surface area contributed by atoms with Gasteiger partial charge in [-0.1, -0.05) is 0 Å². The average Bonchev–Trinajstić information content (AvgIpc) is 2.01. The van der Waals surface area contributed by atoms with Gasteiger partial charge >= 0.3 is 0 Å². The minimum absolute atomic E-state index is 0. The molecule has 0 aliphatic rings. The summed E-state index contributed by atoms with van der Waals surface area (Å²) in [5.74, 6) is 0. The number of anilines is 2. The molecule has 0 amide bonds. The van der Waals surface area contributed by atoms with E-state index in [1.807, 2.05) is 0 Å².